The lowest BCUT2D eigenvalue weighted by Crippen LogP contribution is -2.32. The standard InChI is InChI=1S/C27H22FNO6/c1-15-6-11-19(34-15)23-22(24(30)21-14-17-4-3-5-20(33-2)26(17)35-21)25(31)27(32)29(23)13-12-16-7-9-18(28)10-8-16/h3-11,14,23,31H,12-13H2,1-2H3. The van der Waals surface area contributed by atoms with Gasteiger partial charge < -0.3 is 23.6 Å². The molecule has 35 heavy (non-hydrogen) atoms. The van der Waals surface area contributed by atoms with Crippen molar-refractivity contribution < 1.29 is 32.7 Å². The van der Waals surface area contributed by atoms with Crippen LogP contribution in [0.2, 0.25) is 0 Å². The number of aliphatic hydroxyl groups is 1. The van der Waals surface area contributed by atoms with Gasteiger partial charge in [-0.1, -0.05) is 24.3 Å². The van der Waals surface area contributed by atoms with Gasteiger partial charge in [0.1, 0.15) is 23.4 Å². The number of ether oxygens (including phenoxy) is 1. The SMILES string of the molecule is COc1cccc2cc(C(=O)C3=C(O)C(=O)N(CCc4ccc(F)cc4)C3c3ccc(C)o3)oc12. The second-order valence-corrected chi connectivity index (χ2v) is 8.31. The summed E-state index contributed by atoms with van der Waals surface area (Å²) < 4.78 is 30.2. The van der Waals surface area contributed by atoms with Crippen LogP contribution < -0.4 is 4.74 Å². The topological polar surface area (TPSA) is 93.1 Å². The fourth-order valence-electron chi connectivity index (χ4n) is 4.35. The van der Waals surface area contributed by atoms with Gasteiger partial charge in [-0.05, 0) is 55.3 Å². The highest BCUT2D eigenvalue weighted by atomic mass is 19.1. The lowest BCUT2D eigenvalue weighted by Gasteiger charge is -2.24. The van der Waals surface area contributed by atoms with Crippen LogP contribution in [0.3, 0.4) is 0 Å². The summed E-state index contributed by atoms with van der Waals surface area (Å²) in [5.74, 6) is -0.964. The second kappa shape index (κ2) is 8.79. The highest BCUT2D eigenvalue weighted by Gasteiger charge is 2.45. The Hall–Kier alpha value is -4.33. The Kier molecular flexibility index (Phi) is 5.64. The molecule has 0 radical (unpaired) electrons. The van der Waals surface area contributed by atoms with Crippen molar-refractivity contribution in [3.05, 3.63) is 101 Å². The summed E-state index contributed by atoms with van der Waals surface area (Å²) in [4.78, 5) is 28.1. The van der Waals surface area contributed by atoms with Gasteiger partial charge in [-0.25, -0.2) is 4.39 Å². The number of fused-ring (bicyclic) bond motifs is 1. The summed E-state index contributed by atoms with van der Waals surface area (Å²) in [6.45, 7) is 1.92. The molecule has 5 rings (SSSR count). The number of nitrogens with zero attached hydrogens (tertiary/aromatic N) is 1. The number of rotatable bonds is 7. The van der Waals surface area contributed by atoms with Crippen molar-refractivity contribution in [2.24, 2.45) is 0 Å². The van der Waals surface area contributed by atoms with E-state index in [1.54, 1.807) is 55.5 Å². The molecule has 178 valence electrons. The molecule has 0 aliphatic carbocycles. The van der Waals surface area contributed by atoms with Gasteiger partial charge >= 0.3 is 0 Å². The molecule has 0 saturated heterocycles. The Labute approximate surface area is 200 Å². The average molecular weight is 475 g/mol. The number of furan rings is 2. The van der Waals surface area contributed by atoms with Crippen LogP contribution in [-0.4, -0.2) is 35.4 Å². The van der Waals surface area contributed by atoms with Gasteiger partial charge in [0.15, 0.2) is 22.9 Å². The van der Waals surface area contributed by atoms with Crippen LogP contribution in [-0.2, 0) is 11.2 Å². The van der Waals surface area contributed by atoms with Crippen LogP contribution >= 0.6 is 0 Å². The first-order chi connectivity index (χ1) is 16.9. The van der Waals surface area contributed by atoms with E-state index in [1.807, 2.05) is 0 Å². The molecule has 0 fully saturated rings. The number of carbonyl (C=O) groups excluding carboxylic acids is 2. The minimum absolute atomic E-state index is 0.0347. The molecule has 2 aromatic carbocycles. The Balaban J connectivity index is 1.52. The molecule has 0 bridgehead atoms. The molecule has 8 heteroatoms. The van der Waals surface area contributed by atoms with Crippen LogP contribution in [0.5, 0.6) is 5.75 Å². The number of Topliss-reactive ketones (excluding diaryl/α,β-unsaturated/α-hetero) is 1. The normalized spacial score (nSPS) is 15.9. The Morgan fingerprint density at radius 2 is 1.89 bits per heavy atom. The number of methoxy groups -OCH3 is 1. The smallest absolute Gasteiger partial charge is 0.290 e. The van der Waals surface area contributed by atoms with Crippen LogP contribution in [0.1, 0.15) is 33.7 Å². The zero-order valence-corrected chi connectivity index (χ0v) is 19.1. The number of benzene rings is 2. The molecule has 0 spiro atoms. The number of hydrogen-bond acceptors (Lipinski definition) is 6. The number of amides is 1. The summed E-state index contributed by atoms with van der Waals surface area (Å²) >= 11 is 0. The molecular weight excluding hydrogens is 453 g/mol. The molecule has 7 nitrogen and oxygen atoms in total. The van der Waals surface area contributed by atoms with Gasteiger partial charge in [0.05, 0.1) is 12.7 Å². The van der Waals surface area contributed by atoms with E-state index in [4.69, 9.17) is 13.6 Å². The van der Waals surface area contributed by atoms with E-state index in [0.717, 1.165) is 5.56 Å². The molecule has 1 amide bonds. The minimum Gasteiger partial charge on any atom is -0.503 e. The summed E-state index contributed by atoms with van der Waals surface area (Å²) in [5.41, 5.74) is 1.07. The molecule has 4 aromatic rings. The largest absolute Gasteiger partial charge is 0.503 e. The maximum Gasteiger partial charge on any atom is 0.290 e. The number of hydrogen-bond donors (Lipinski definition) is 1. The summed E-state index contributed by atoms with van der Waals surface area (Å²) in [5, 5.41) is 11.5. The van der Waals surface area contributed by atoms with Crippen molar-refractivity contribution in [1.82, 2.24) is 4.90 Å². The first-order valence-corrected chi connectivity index (χ1v) is 11.0. The molecule has 1 aliphatic heterocycles. The van der Waals surface area contributed by atoms with Crippen molar-refractivity contribution in [1.29, 1.82) is 0 Å². The van der Waals surface area contributed by atoms with Crippen LogP contribution in [0, 0.1) is 12.7 Å². The lowest BCUT2D eigenvalue weighted by molar-refractivity contribution is -0.129. The second-order valence-electron chi connectivity index (χ2n) is 8.31. The van der Waals surface area contributed by atoms with E-state index in [0.29, 0.717) is 34.7 Å². The van der Waals surface area contributed by atoms with E-state index < -0.39 is 23.5 Å². The molecule has 1 unspecified atom stereocenters. The molecule has 0 saturated carbocycles. The third-order valence-electron chi connectivity index (χ3n) is 6.09. The fraction of sp³-hybridized carbons (Fsp3) is 0.185. The van der Waals surface area contributed by atoms with Gasteiger partial charge in [0.2, 0.25) is 5.78 Å². The summed E-state index contributed by atoms with van der Waals surface area (Å²) in [7, 11) is 1.50. The first-order valence-electron chi connectivity index (χ1n) is 11.0. The first kappa shape index (κ1) is 22.5. The predicted octanol–water partition coefficient (Wildman–Crippen LogP) is 5.30. The minimum atomic E-state index is -0.945. The van der Waals surface area contributed by atoms with Crippen molar-refractivity contribution in [3.63, 3.8) is 0 Å². The molecule has 1 N–H and O–H groups in total. The van der Waals surface area contributed by atoms with E-state index in [1.165, 1.54) is 24.1 Å². The Bertz CT molecular complexity index is 1460. The van der Waals surface area contributed by atoms with Crippen LogP contribution in [0.15, 0.2) is 80.8 Å². The van der Waals surface area contributed by atoms with E-state index in [9.17, 15) is 19.1 Å². The van der Waals surface area contributed by atoms with E-state index in [-0.39, 0.29) is 23.7 Å². The Morgan fingerprint density at radius 1 is 1.11 bits per heavy atom. The maximum absolute atomic E-state index is 13.6. The van der Waals surface area contributed by atoms with Crippen LogP contribution in [0.4, 0.5) is 4.39 Å². The number of halogens is 1. The number of para-hydroxylation sites is 1. The lowest BCUT2D eigenvalue weighted by atomic mass is 9.99. The quantitative estimate of drug-likeness (QED) is 0.365. The predicted molar refractivity (Wildman–Crippen MR) is 125 cm³/mol. The van der Waals surface area contributed by atoms with Gasteiger partial charge in [-0.2, -0.15) is 0 Å². The third kappa shape index (κ3) is 3.97. The molecule has 3 heterocycles. The molecule has 1 atom stereocenters. The summed E-state index contributed by atoms with van der Waals surface area (Å²) in [6.07, 6.45) is 0.388. The molecular formula is C27H22FNO6. The van der Waals surface area contributed by atoms with Gasteiger partial charge in [0, 0.05) is 11.9 Å². The zero-order chi connectivity index (χ0) is 24.7. The van der Waals surface area contributed by atoms with Gasteiger partial charge in [-0.15, -0.1) is 0 Å². The van der Waals surface area contributed by atoms with Crippen LogP contribution in [0.25, 0.3) is 11.0 Å². The monoisotopic (exact) mass is 475 g/mol. The van der Waals surface area contributed by atoms with Crippen molar-refractivity contribution >= 4 is 22.7 Å². The van der Waals surface area contributed by atoms with Gasteiger partial charge in [0.25, 0.3) is 5.91 Å². The van der Waals surface area contributed by atoms with Crippen molar-refractivity contribution in [3.8, 4) is 5.75 Å². The van der Waals surface area contributed by atoms with E-state index in [2.05, 4.69) is 0 Å². The molecule has 2 aromatic heterocycles. The number of aryl methyl sites for hydroxylation is 1. The van der Waals surface area contributed by atoms with Crippen molar-refractivity contribution in [2.45, 2.75) is 19.4 Å². The Morgan fingerprint density at radius 3 is 2.57 bits per heavy atom. The number of aliphatic hydroxyl groups excluding tert-OH is 1. The third-order valence-corrected chi connectivity index (χ3v) is 6.09. The maximum atomic E-state index is 13.6. The molecule has 1 aliphatic rings. The number of ketones is 1. The highest BCUT2D eigenvalue weighted by molar-refractivity contribution is 6.16. The zero-order valence-electron chi connectivity index (χ0n) is 19.1. The van der Waals surface area contributed by atoms with Crippen molar-refractivity contribution in [2.75, 3.05) is 13.7 Å². The van der Waals surface area contributed by atoms with Gasteiger partial charge in [-0.3, -0.25) is 9.59 Å². The average Bonchev–Trinajstić information content (AvgIpc) is 3.55. The highest BCUT2D eigenvalue weighted by Crippen LogP contribution is 2.40. The summed E-state index contributed by atoms with van der Waals surface area (Å²) in [6, 6.07) is 15.2. The van der Waals surface area contributed by atoms with E-state index >= 15 is 0 Å². The fourth-order valence-corrected chi connectivity index (χ4v) is 4.35. The number of carbonyl (C=O) groups is 2.